The Morgan fingerprint density at radius 3 is 2.62 bits per heavy atom. The van der Waals surface area contributed by atoms with Crippen molar-refractivity contribution in [2.75, 3.05) is 19.6 Å². The van der Waals surface area contributed by atoms with Crippen LogP contribution in [0.3, 0.4) is 0 Å². The van der Waals surface area contributed by atoms with Crippen molar-refractivity contribution < 1.29 is 9.59 Å². The Hall–Kier alpha value is -2.14. The van der Waals surface area contributed by atoms with E-state index in [-0.39, 0.29) is 30.3 Å². The zero-order chi connectivity index (χ0) is 20.4. The van der Waals surface area contributed by atoms with Crippen molar-refractivity contribution in [3.63, 3.8) is 0 Å². The van der Waals surface area contributed by atoms with Gasteiger partial charge in [0.1, 0.15) is 0 Å². The highest BCUT2D eigenvalue weighted by Gasteiger charge is 2.37. The van der Waals surface area contributed by atoms with Gasteiger partial charge in [0.15, 0.2) is 0 Å². The Balaban J connectivity index is 1.58. The molecule has 0 spiro atoms. The lowest BCUT2D eigenvalue weighted by molar-refractivity contribution is -0.142. The summed E-state index contributed by atoms with van der Waals surface area (Å²) in [5, 5.41) is 2.13. The fourth-order valence-electron chi connectivity index (χ4n) is 4.15. The number of hydrogen-bond acceptors (Lipinski definition) is 3. The van der Waals surface area contributed by atoms with Gasteiger partial charge in [0.25, 0.3) is 0 Å². The summed E-state index contributed by atoms with van der Waals surface area (Å²) in [7, 11) is 0. The number of benzene rings is 1. The number of aryl methyl sites for hydroxylation is 1. The second-order valence-corrected chi connectivity index (χ2v) is 9.34. The van der Waals surface area contributed by atoms with Crippen molar-refractivity contribution in [3.05, 3.63) is 57.3 Å². The van der Waals surface area contributed by atoms with Crippen LogP contribution in [-0.4, -0.2) is 41.2 Å². The van der Waals surface area contributed by atoms with Gasteiger partial charge in [-0.15, -0.1) is 11.3 Å². The molecule has 0 radical (unpaired) electrons. The minimum atomic E-state index is -0.0536. The second-order valence-electron chi connectivity index (χ2n) is 8.34. The lowest BCUT2D eigenvalue weighted by Gasteiger charge is -2.37. The van der Waals surface area contributed by atoms with E-state index in [9.17, 15) is 9.59 Å². The van der Waals surface area contributed by atoms with Crippen LogP contribution in [0.4, 0.5) is 0 Å². The summed E-state index contributed by atoms with van der Waals surface area (Å²) >= 11 is 1.78. The van der Waals surface area contributed by atoms with E-state index in [2.05, 4.69) is 49.6 Å². The Labute approximate surface area is 177 Å². The van der Waals surface area contributed by atoms with Gasteiger partial charge in [-0.2, -0.15) is 0 Å². The first-order chi connectivity index (χ1) is 14.1. The van der Waals surface area contributed by atoms with E-state index in [4.69, 9.17) is 0 Å². The van der Waals surface area contributed by atoms with Crippen LogP contribution in [0.25, 0.3) is 0 Å². The molecular weight excluding hydrogens is 380 g/mol. The summed E-state index contributed by atoms with van der Waals surface area (Å²) in [4.78, 5) is 31.4. The molecule has 2 aromatic rings. The highest BCUT2D eigenvalue weighted by Crippen LogP contribution is 2.38. The molecule has 154 valence electrons. The topological polar surface area (TPSA) is 40.6 Å². The maximum atomic E-state index is 13.4. The smallest absolute Gasteiger partial charge is 0.242 e. The minimum Gasteiger partial charge on any atom is -0.333 e. The van der Waals surface area contributed by atoms with Crippen molar-refractivity contribution in [1.82, 2.24) is 9.80 Å². The third-order valence-electron chi connectivity index (χ3n) is 6.03. The number of thiophene rings is 1. The molecule has 0 bridgehead atoms. The summed E-state index contributed by atoms with van der Waals surface area (Å²) in [5.41, 5.74) is 3.61. The van der Waals surface area contributed by atoms with Crippen molar-refractivity contribution in [3.8, 4) is 0 Å². The molecule has 1 aromatic heterocycles. The highest BCUT2D eigenvalue weighted by molar-refractivity contribution is 7.10. The average molecular weight is 411 g/mol. The standard InChI is InChI=1S/C24H30N2O2S/c1-3-4-13-25(24(28)19-9-10-19)16-22(27)26-14-11-21-20(12-15-29-21)23(26)18-7-5-17(2)6-8-18/h5-8,12,15,19,23H,3-4,9-11,13-14,16H2,1-2H3/t23-/m0/s1. The normalized spacial score (nSPS) is 18.4. The predicted octanol–water partition coefficient (Wildman–Crippen LogP) is 4.57. The number of unbranched alkanes of at least 4 members (excludes halogenated alkanes) is 1. The molecule has 0 unspecified atom stereocenters. The van der Waals surface area contributed by atoms with Crippen LogP contribution < -0.4 is 0 Å². The summed E-state index contributed by atoms with van der Waals surface area (Å²) < 4.78 is 0. The van der Waals surface area contributed by atoms with E-state index >= 15 is 0 Å². The number of carbonyl (C=O) groups excluding carboxylic acids is 2. The Morgan fingerprint density at radius 1 is 1.17 bits per heavy atom. The third-order valence-corrected chi connectivity index (χ3v) is 7.02. The largest absolute Gasteiger partial charge is 0.333 e. The van der Waals surface area contributed by atoms with Crippen molar-refractivity contribution in [1.29, 1.82) is 0 Å². The van der Waals surface area contributed by atoms with Gasteiger partial charge in [0.05, 0.1) is 12.6 Å². The molecule has 1 atom stereocenters. The van der Waals surface area contributed by atoms with E-state index in [0.717, 1.165) is 37.7 Å². The fourth-order valence-corrected chi connectivity index (χ4v) is 5.06. The van der Waals surface area contributed by atoms with Crippen LogP contribution in [-0.2, 0) is 16.0 Å². The molecule has 0 N–H and O–H groups in total. The Kier molecular flexibility index (Phi) is 6.04. The summed E-state index contributed by atoms with van der Waals surface area (Å²) in [6.07, 6.45) is 4.82. The van der Waals surface area contributed by atoms with Gasteiger partial charge >= 0.3 is 0 Å². The lowest BCUT2D eigenvalue weighted by atomic mass is 9.92. The van der Waals surface area contributed by atoms with Crippen molar-refractivity contribution in [2.45, 2.75) is 52.0 Å². The first kappa shape index (κ1) is 20.1. The molecular formula is C24H30N2O2S. The van der Waals surface area contributed by atoms with Crippen LogP contribution in [0, 0.1) is 12.8 Å². The van der Waals surface area contributed by atoms with E-state index in [1.54, 1.807) is 11.3 Å². The van der Waals surface area contributed by atoms with Gasteiger partial charge in [-0.25, -0.2) is 0 Å². The molecule has 1 fully saturated rings. The second kappa shape index (κ2) is 8.70. The molecule has 4 nitrogen and oxygen atoms in total. The first-order valence-electron chi connectivity index (χ1n) is 10.8. The Bertz CT molecular complexity index is 869. The molecule has 1 aliphatic carbocycles. The number of nitrogens with zero attached hydrogens (tertiary/aromatic N) is 2. The van der Waals surface area contributed by atoms with Crippen molar-refractivity contribution >= 4 is 23.2 Å². The van der Waals surface area contributed by atoms with Gasteiger partial charge in [-0.3, -0.25) is 9.59 Å². The van der Waals surface area contributed by atoms with Crippen LogP contribution in [0.2, 0.25) is 0 Å². The van der Waals surface area contributed by atoms with Gasteiger partial charge in [0.2, 0.25) is 11.8 Å². The average Bonchev–Trinajstić information content (AvgIpc) is 3.47. The molecule has 1 aromatic carbocycles. The minimum absolute atomic E-state index is 0.0536. The van der Waals surface area contributed by atoms with E-state index in [0.29, 0.717) is 13.1 Å². The highest BCUT2D eigenvalue weighted by atomic mass is 32.1. The summed E-state index contributed by atoms with van der Waals surface area (Å²) in [6, 6.07) is 10.6. The zero-order valence-corrected chi connectivity index (χ0v) is 18.2. The summed E-state index contributed by atoms with van der Waals surface area (Å²) in [6.45, 7) is 5.81. The SMILES string of the molecule is CCCCN(CC(=O)N1CCc2sccc2[C@@H]1c1ccc(C)cc1)C(=O)C1CC1. The number of fused-ring (bicyclic) bond motifs is 1. The van der Waals surface area contributed by atoms with Gasteiger partial charge in [0, 0.05) is 23.9 Å². The number of hydrogen-bond donors (Lipinski definition) is 0. The van der Waals surface area contributed by atoms with Gasteiger partial charge < -0.3 is 9.80 Å². The van der Waals surface area contributed by atoms with Crippen LogP contribution >= 0.6 is 11.3 Å². The Morgan fingerprint density at radius 2 is 1.93 bits per heavy atom. The van der Waals surface area contributed by atoms with Gasteiger partial charge in [-0.05, 0) is 55.2 Å². The van der Waals surface area contributed by atoms with Crippen LogP contribution in [0.5, 0.6) is 0 Å². The van der Waals surface area contributed by atoms with Crippen molar-refractivity contribution in [2.24, 2.45) is 5.92 Å². The molecule has 2 aliphatic rings. The first-order valence-corrected chi connectivity index (χ1v) is 11.7. The molecule has 29 heavy (non-hydrogen) atoms. The number of rotatable bonds is 7. The van der Waals surface area contributed by atoms with Crippen LogP contribution in [0.15, 0.2) is 35.7 Å². The molecule has 1 aliphatic heterocycles. The van der Waals surface area contributed by atoms with Gasteiger partial charge in [-0.1, -0.05) is 43.2 Å². The molecule has 5 heteroatoms. The van der Waals surface area contributed by atoms with Crippen LogP contribution in [0.1, 0.15) is 60.2 Å². The van der Waals surface area contributed by atoms with E-state index < -0.39 is 0 Å². The zero-order valence-electron chi connectivity index (χ0n) is 17.4. The summed E-state index contributed by atoms with van der Waals surface area (Å²) in [5.74, 6) is 0.391. The maximum absolute atomic E-state index is 13.4. The predicted molar refractivity (Wildman–Crippen MR) is 117 cm³/mol. The quantitative estimate of drug-likeness (QED) is 0.671. The lowest BCUT2D eigenvalue weighted by Crippen LogP contribution is -2.47. The maximum Gasteiger partial charge on any atom is 0.242 e. The molecule has 4 rings (SSSR count). The number of carbonyl (C=O) groups is 2. The number of amides is 2. The molecule has 1 saturated carbocycles. The molecule has 2 heterocycles. The third kappa shape index (κ3) is 4.40. The van der Waals surface area contributed by atoms with E-state index in [1.165, 1.54) is 16.0 Å². The van der Waals surface area contributed by atoms with E-state index in [1.807, 2.05) is 9.80 Å². The monoisotopic (exact) mass is 410 g/mol. The molecule has 0 saturated heterocycles. The fraction of sp³-hybridized carbons (Fsp3) is 0.500. The molecule has 2 amide bonds.